The lowest BCUT2D eigenvalue weighted by molar-refractivity contribution is -0.136. The smallest absolute Gasteiger partial charge is 0.228 e. The molecule has 0 aliphatic carbocycles. The summed E-state index contributed by atoms with van der Waals surface area (Å²) in [5.41, 5.74) is 2.92. The van der Waals surface area contributed by atoms with Crippen LogP contribution in [-0.2, 0) is 9.59 Å². The van der Waals surface area contributed by atoms with Crippen LogP contribution in [-0.4, -0.2) is 49.4 Å². The number of nitrogens with zero attached hydrogens (tertiary/aromatic N) is 3. The fourth-order valence-electron chi connectivity index (χ4n) is 3.97. The fraction of sp³-hybridized carbons (Fsp3) is 0.364. The van der Waals surface area contributed by atoms with Crippen molar-refractivity contribution in [1.29, 1.82) is 0 Å². The molecule has 29 heavy (non-hydrogen) atoms. The van der Waals surface area contributed by atoms with E-state index in [4.69, 9.17) is 11.6 Å². The molecule has 2 aromatic rings. The molecule has 2 aliphatic rings. The number of rotatable bonds is 3. The van der Waals surface area contributed by atoms with Gasteiger partial charge in [0.05, 0.1) is 10.9 Å². The Morgan fingerprint density at radius 3 is 2.34 bits per heavy atom. The van der Waals surface area contributed by atoms with Gasteiger partial charge < -0.3 is 14.7 Å². The van der Waals surface area contributed by atoms with Crippen molar-refractivity contribution in [3.05, 3.63) is 58.9 Å². The quantitative estimate of drug-likeness (QED) is 0.770. The molecular weight excluding hydrogens is 393 g/mol. The van der Waals surface area contributed by atoms with Crippen molar-refractivity contribution >= 4 is 34.8 Å². The molecular formula is C22H23ClFN3O2. The molecule has 2 aliphatic heterocycles. The van der Waals surface area contributed by atoms with Gasteiger partial charge in [0.15, 0.2) is 0 Å². The van der Waals surface area contributed by atoms with Gasteiger partial charge in [-0.1, -0.05) is 29.3 Å². The van der Waals surface area contributed by atoms with E-state index in [1.54, 1.807) is 0 Å². The number of carbonyl (C=O) groups excluding carboxylic acids is 2. The SMILES string of the molecule is Cc1ccc(N2CCN(C(=O)[C@H]3CC(=O)N(c4ccc(F)c(Cl)c4)C3)CC2)cc1. The lowest BCUT2D eigenvalue weighted by atomic mass is 10.1. The minimum atomic E-state index is -0.527. The van der Waals surface area contributed by atoms with Crippen LogP contribution in [0.2, 0.25) is 5.02 Å². The summed E-state index contributed by atoms with van der Waals surface area (Å²) in [5, 5.41) is -0.0303. The van der Waals surface area contributed by atoms with Crippen molar-refractivity contribution in [2.45, 2.75) is 13.3 Å². The van der Waals surface area contributed by atoms with Crippen LogP contribution < -0.4 is 9.80 Å². The first-order chi connectivity index (χ1) is 13.9. The first kappa shape index (κ1) is 19.7. The maximum absolute atomic E-state index is 13.4. The number of piperazine rings is 1. The number of anilines is 2. The van der Waals surface area contributed by atoms with E-state index in [1.807, 2.05) is 4.90 Å². The molecule has 0 aromatic heterocycles. The van der Waals surface area contributed by atoms with Crippen LogP contribution in [0.3, 0.4) is 0 Å². The van der Waals surface area contributed by atoms with Gasteiger partial charge in [-0.25, -0.2) is 4.39 Å². The van der Waals surface area contributed by atoms with Gasteiger partial charge in [-0.15, -0.1) is 0 Å². The zero-order valence-corrected chi connectivity index (χ0v) is 17.0. The number of hydrogen-bond acceptors (Lipinski definition) is 3. The minimum Gasteiger partial charge on any atom is -0.368 e. The van der Waals surface area contributed by atoms with Crippen molar-refractivity contribution in [2.75, 3.05) is 42.5 Å². The number of aryl methyl sites for hydroxylation is 1. The summed E-state index contributed by atoms with van der Waals surface area (Å²) in [6.07, 6.45) is 0.173. The first-order valence-electron chi connectivity index (χ1n) is 9.78. The molecule has 0 bridgehead atoms. The Labute approximate surface area is 174 Å². The van der Waals surface area contributed by atoms with E-state index in [0.29, 0.717) is 25.3 Å². The second-order valence-corrected chi connectivity index (χ2v) is 8.06. The highest BCUT2D eigenvalue weighted by Gasteiger charge is 2.38. The highest BCUT2D eigenvalue weighted by Crippen LogP contribution is 2.29. The average Bonchev–Trinajstić information content (AvgIpc) is 3.12. The molecule has 2 heterocycles. The van der Waals surface area contributed by atoms with E-state index in [9.17, 15) is 14.0 Å². The third-order valence-corrected chi connectivity index (χ3v) is 5.97. The Morgan fingerprint density at radius 2 is 1.69 bits per heavy atom. The van der Waals surface area contributed by atoms with Crippen LogP contribution in [0.15, 0.2) is 42.5 Å². The van der Waals surface area contributed by atoms with Crippen molar-refractivity contribution in [3.63, 3.8) is 0 Å². The molecule has 7 heteroatoms. The van der Waals surface area contributed by atoms with E-state index in [-0.39, 0.29) is 29.2 Å². The van der Waals surface area contributed by atoms with Crippen molar-refractivity contribution in [3.8, 4) is 0 Å². The molecule has 0 saturated carbocycles. The lowest BCUT2D eigenvalue weighted by Crippen LogP contribution is -2.50. The number of halogens is 2. The Hall–Kier alpha value is -2.60. The Bertz CT molecular complexity index is 926. The third-order valence-electron chi connectivity index (χ3n) is 5.68. The molecule has 2 amide bonds. The molecule has 2 saturated heterocycles. The highest BCUT2D eigenvalue weighted by molar-refractivity contribution is 6.31. The molecule has 2 fully saturated rings. The van der Waals surface area contributed by atoms with Crippen LogP contribution in [0.1, 0.15) is 12.0 Å². The zero-order valence-electron chi connectivity index (χ0n) is 16.3. The monoisotopic (exact) mass is 415 g/mol. The van der Waals surface area contributed by atoms with E-state index < -0.39 is 5.82 Å². The molecule has 2 aromatic carbocycles. The number of carbonyl (C=O) groups is 2. The van der Waals surface area contributed by atoms with Gasteiger partial charge in [0.2, 0.25) is 11.8 Å². The standard InChI is InChI=1S/C22H23ClFN3O2/c1-15-2-4-17(5-3-15)25-8-10-26(11-9-25)22(29)16-12-21(28)27(14-16)18-6-7-20(24)19(23)13-18/h2-7,13,16H,8-12,14H2,1H3/t16-/m0/s1. The highest BCUT2D eigenvalue weighted by atomic mass is 35.5. The molecule has 0 unspecified atom stereocenters. The van der Waals surface area contributed by atoms with Crippen molar-refractivity contribution < 1.29 is 14.0 Å². The Kier molecular flexibility index (Phi) is 5.46. The maximum atomic E-state index is 13.4. The van der Waals surface area contributed by atoms with Crippen LogP contribution in [0.5, 0.6) is 0 Å². The molecule has 152 valence electrons. The van der Waals surface area contributed by atoms with Gasteiger partial charge in [-0.2, -0.15) is 0 Å². The summed E-state index contributed by atoms with van der Waals surface area (Å²) in [7, 11) is 0. The van der Waals surface area contributed by atoms with E-state index in [1.165, 1.54) is 28.7 Å². The molecule has 0 N–H and O–H groups in total. The summed E-state index contributed by atoms with van der Waals surface area (Å²) in [5.74, 6) is -1.03. The van der Waals surface area contributed by atoms with Gasteiger partial charge in [-0.3, -0.25) is 9.59 Å². The lowest BCUT2D eigenvalue weighted by Gasteiger charge is -2.37. The third kappa shape index (κ3) is 4.08. The zero-order chi connectivity index (χ0) is 20.5. The number of amides is 2. The summed E-state index contributed by atoms with van der Waals surface area (Å²) in [6.45, 7) is 5.18. The van der Waals surface area contributed by atoms with Gasteiger partial charge in [-0.05, 0) is 37.3 Å². The summed E-state index contributed by atoms with van der Waals surface area (Å²) in [6, 6.07) is 12.6. The van der Waals surface area contributed by atoms with Crippen LogP contribution >= 0.6 is 11.6 Å². The summed E-state index contributed by atoms with van der Waals surface area (Å²) in [4.78, 5) is 31.1. The normalized spacial score (nSPS) is 19.8. The number of benzene rings is 2. The molecule has 0 radical (unpaired) electrons. The summed E-state index contributed by atoms with van der Waals surface area (Å²) >= 11 is 5.84. The second-order valence-electron chi connectivity index (χ2n) is 7.65. The predicted molar refractivity (Wildman–Crippen MR) is 112 cm³/mol. The Morgan fingerprint density at radius 1 is 1.03 bits per heavy atom. The predicted octanol–water partition coefficient (Wildman–Crippen LogP) is 3.49. The molecule has 4 rings (SSSR count). The van der Waals surface area contributed by atoms with Crippen LogP contribution in [0, 0.1) is 18.7 Å². The first-order valence-corrected chi connectivity index (χ1v) is 10.2. The van der Waals surface area contributed by atoms with Crippen molar-refractivity contribution in [1.82, 2.24) is 4.90 Å². The molecule has 5 nitrogen and oxygen atoms in total. The van der Waals surface area contributed by atoms with Crippen LogP contribution in [0.25, 0.3) is 0 Å². The second kappa shape index (κ2) is 8.03. The topological polar surface area (TPSA) is 43.9 Å². The fourth-order valence-corrected chi connectivity index (χ4v) is 4.15. The van der Waals surface area contributed by atoms with Gasteiger partial charge in [0.1, 0.15) is 5.82 Å². The minimum absolute atomic E-state index is 0.0117. The largest absolute Gasteiger partial charge is 0.368 e. The van der Waals surface area contributed by atoms with Gasteiger partial charge in [0.25, 0.3) is 0 Å². The van der Waals surface area contributed by atoms with Gasteiger partial charge >= 0.3 is 0 Å². The summed E-state index contributed by atoms with van der Waals surface area (Å²) < 4.78 is 13.4. The molecule has 1 atom stereocenters. The Balaban J connectivity index is 1.37. The van der Waals surface area contributed by atoms with Crippen molar-refractivity contribution in [2.24, 2.45) is 5.92 Å². The van der Waals surface area contributed by atoms with E-state index in [2.05, 4.69) is 36.1 Å². The van der Waals surface area contributed by atoms with Crippen LogP contribution in [0.4, 0.5) is 15.8 Å². The number of hydrogen-bond donors (Lipinski definition) is 0. The van der Waals surface area contributed by atoms with E-state index >= 15 is 0 Å². The van der Waals surface area contributed by atoms with E-state index in [0.717, 1.165) is 18.8 Å². The molecule has 0 spiro atoms. The maximum Gasteiger partial charge on any atom is 0.228 e. The van der Waals surface area contributed by atoms with Gasteiger partial charge in [0, 0.05) is 50.5 Å². The average molecular weight is 416 g/mol.